The van der Waals surface area contributed by atoms with Crippen LogP contribution in [0.1, 0.15) is 53.9 Å². The molecule has 3 heteroatoms. The molecule has 0 heterocycles. The molecule has 0 fully saturated rings. The first-order valence-corrected chi connectivity index (χ1v) is 8.62. The molecule has 17 heavy (non-hydrogen) atoms. The van der Waals surface area contributed by atoms with Crippen molar-refractivity contribution >= 4 is 10.8 Å². The zero-order chi connectivity index (χ0) is 13.3. The Kier molecular flexibility index (Phi) is 10.1. The van der Waals surface area contributed by atoms with Crippen LogP contribution in [0.3, 0.4) is 0 Å². The van der Waals surface area contributed by atoms with Crippen molar-refractivity contribution in [1.82, 2.24) is 5.32 Å². The Balaban J connectivity index is 4.17. The SMILES string of the molecule is CCCNC(CS(=O)CC(C)CC)C(C)CC. The van der Waals surface area contributed by atoms with Gasteiger partial charge < -0.3 is 5.32 Å². The summed E-state index contributed by atoms with van der Waals surface area (Å²) >= 11 is 0. The molecule has 0 rings (SSSR count). The van der Waals surface area contributed by atoms with Gasteiger partial charge in [0.1, 0.15) is 0 Å². The number of hydrogen-bond donors (Lipinski definition) is 1. The summed E-state index contributed by atoms with van der Waals surface area (Å²) in [5.41, 5.74) is 0. The Labute approximate surface area is 110 Å². The second-order valence-electron chi connectivity index (χ2n) is 5.23. The highest BCUT2D eigenvalue weighted by Crippen LogP contribution is 2.11. The molecule has 0 amide bonds. The minimum atomic E-state index is -0.668. The fraction of sp³-hybridized carbons (Fsp3) is 1.00. The molecule has 0 aliphatic heterocycles. The van der Waals surface area contributed by atoms with E-state index in [1.165, 1.54) is 0 Å². The van der Waals surface area contributed by atoms with Gasteiger partial charge in [0.2, 0.25) is 0 Å². The summed E-state index contributed by atoms with van der Waals surface area (Å²) in [6, 6.07) is 0.421. The van der Waals surface area contributed by atoms with Crippen LogP contribution in [0.5, 0.6) is 0 Å². The highest BCUT2D eigenvalue weighted by molar-refractivity contribution is 7.85. The van der Waals surface area contributed by atoms with Crippen LogP contribution in [0.2, 0.25) is 0 Å². The van der Waals surface area contributed by atoms with Crippen LogP contribution in [0, 0.1) is 11.8 Å². The average Bonchev–Trinajstić information content (AvgIpc) is 2.33. The molecule has 0 aromatic heterocycles. The van der Waals surface area contributed by atoms with E-state index >= 15 is 0 Å². The minimum absolute atomic E-state index is 0.421. The van der Waals surface area contributed by atoms with Gasteiger partial charge in [0, 0.05) is 28.3 Å². The standard InChI is InChI=1S/C14H31NOS/c1-6-9-15-14(13(5)8-3)11-17(16)10-12(4)7-2/h12-15H,6-11H2,1-5H3. The molecule has 0 aliphatic carbocycles. The molecule has 0 bridgehead atoms. The molecule has 4 unspecified atom stereocenters. The molecular formula is C14H31NOS. The molecule has 0 spiro atoms. The van der Waals surface area contributed by atoms with E-state index in [0.717, 1.165) is 37.3 Å². The Hall–Kier alpha value is 0.110. The van der Waals surface area contributed by atoms with Crippen LogP contribution in [0.15, 0.2) is 0 Å². The Morgan fingerprint density at radius 1 is 1.06 bits per heavy atom. The van der Waals surface area contributed by atoms with Crippen molar-refractivity contribution < 1.29 is 4.21 Å². The van der Waals surface area contributed by atoms with Crippen molar-refractivity contribution in [3.8, 4) is 0 Å². The van der Waals surface area contributed by atoms with Crippen LogP contribution < -0.4 is 5.32 Å². The minimum Gasteiger partial charge on any atom is -0.313 e. The van der Waals surface area contributed by atoms with Crippen LogP contribution in [0.25, 0.3) is 0 Å². The third kappa shape index (κ3) is 7.93. The molecule has 0 saturated heterocycles. The summed E-state index contributed by atoms with van der Waals surface area (Å²) in [5, 5.41) is 3.55. The molecule has 4 atom stereocenters. The lowest BCUT2D eigenvalue weighted by Crippen LogP contribution is -2.40. The summed E-state index contributed by atoms with van der Waals surface area (Å²) in [5.74, 6) is 2.87. The molecule has 2 nitrogen and oxygen atoms in total. The van der Waals surface area contributed by atoms with Gasteiger partial charge in [0.25, 0.3) is 0 Å². The van der Waals surface area contributed by atoms with Crippen molar-refractivity contribution in [3.05, 3.63) is 0 Å². The van der Waals surface area contributed by atoms with Crippen LogP contribution >= 0.6 is 0 Å². The van der Waals surface area contributed by atoms with Crippen LogP contribution in [0.4, 0.5) is 0 Å². The van der Waals surface area contributed by atoms with Crippen LogP contribution in [-0.4, -0.2) is 28.3 Å². The lowest BCUT2D eigenvalue weighted by Gasteiger charge is -2.24. The van der Waals surface area contributed by atoms with E-state index in [-0.39, 0.29) is 0 Å². The highest BCUT2D eigenvalue weighted by Gasteiger charge is 2.18. The van der Waals surface area contributed by atoms with Gasteiger partial charge >= 0.3 is 0 Å². The quantitative estimate of drug-likeness (QED) is 0.654. The maximum Gasteiger partial charge on any atom is 0.0391 e. The summed E-state index contributed by atoms with van der Waals surface area (Å²) < 4.78 is 12.1. The highest BCUT2D eigenvalue weighted by atomic mass is 32.2. The molecule has 0 aromatic rings. The van der Waals surface area contributed by atoms with E-state index in [0.29, 0.717) is 17.9 Å². The van der Waals surface area contributed by atoms with Crippen molar-refractivity contribution in [2.24, 2.45) is 11.8 Å². The number of hydrogen-bond acceptors (Lipinski definition) is 2. The first-order valence-electron chi connectivity index (χ1n) is 7.13. The van der Waals surface area contributed by atoms with Gasteiger partial charge in [0.05, 0.1) is 0 Å². The van der Waals surface area contributed by atoms with Crippen molar-refractivity contribution in [3.63, 3.8) is 0 Å². The van der Waals surface area contributed by atoms with Gasteiger partial charge in [-0.3, -0.25) is 4.21 Å². The fourth-order valence-corrected chi connectivity index (χ4v) is 3.60. The molecule has 0 aliphatic rings. The molecule has 0 saturated carbocycles. The summed E-state index contributed by atoms with van der Waals surface area (Å²) in [7, 11) is -0.668. The predicted molar refractivity (Wildman–Crippen MR) is 78.9 cm³/mol. The number of rotatable bonds is 10. The molecular weight excluding hydrogens is 230 g/mol. The predicted octanol–water partition coefficient (Wildman–Crippen LogP) is 3.20. The van der Waals surface area contributed by atoms with E-state index in [4.69, 9.17) is 0 Å². The average molecular weight is 261 g/mol. The van der Waals surface area contributed by atoms with E-state index in [9.17, 15) is 4.21 Å². The summed E-state index contributed by atoms with van der Waals surface area (Å²) in [4.78, 5) is 0. The van der Waals surface area contributed by atoms with Gasteiger partial charge in [-0.2, -0.15) is 0 Å². The largest absolute Gasteiger partial charge is 0.313 e. The topological polar surface area (TPSA) is 29.1 Å². The van der Waals surface area contributed by atoms with Gasteiger partial charge in [-0.15, -0.1) is 0 Å². The third-order valence-electron chi connectivity index (χ3n) is 3.52. The zero-order valence-electron chi connectivity index (χ0n) is 12.3. The first-order chi connectivity index (χ1) is 8.04. The second kappa shape index (κ2) is 10.1. The Morgan fingerprint density at radius 2 is 1.71 bits per heavy atom. The second-order valence-corrected chi connectivity index (χ2v) is 6.78. The van der Waals surface area contributed by atoms with Gasteiger partial charge in [0.15, 0.2) is 0 Å². The molecule has 0 radical (unpaired) electrons. The lowest BCUT2D eigenvalue weighted by atomic mass is 10.0. The maximum atomic E-state index is 12.1. The van der Waals surface area contributed by atoms with Crippen LogP contribution in [-0.2, 0) is 10.8 Å². The normalized spacial score (nSPS) is 18.6. The molecule has 1 N–H and O–H groups in total. The Bertz CT molecular complexity index is 208. The maximum absolute atomic E-state index is 12.1. The molecule has 104 valence electrons. The van der Waals surface area contributed by atoms with E-state index < -0.39 is 10.8 Å². The van der Waals surface area contributed by atoms with E-state index in [1.54, 1.807) is 0 Å². The molecule has 0 aromatic carbocycles. The third-order valence-corrected chi connectivity index (χ3v) is 5.19. The smallest absolute Gasteiger partial charge is 0.0391 e. The van der Waals surface area contributed by atoms with Crippen molar-refractivity contribution in [2.45, 2.75) is 59.9 Å². The van der Waals surface area contributed by atoms with Crippen molar-refractivity contribution in [1.29, 1.82) is 0 Å². The summed E-state index contributed by atoms with van der Waals surface area (Å²) in [6.07, 6.45) is 3.43. The van der Waals surface area contributed by atoms with E-state index in [1.807, 2.05) is 0 Å². The first kappa shape index (κ1) is 17.1. The monoisotopic (exact) mass is 261 g/mol. The zero-order valence-corrected chi connectivity index (χ0v) is 13.1. The Morgan fingerprint density at radius 3 is 2.18 bits per heavy atom. The van der Waals surface area contributed by atoms with Crippen molar-refractivity contribution in [2.75, 3.05) is 18.1 Å². The lowest BCUT2D eigenvalue weighted by molar-refractivity contribution is 0.394. The number of nitrogens with one attached hydrogen (secondary N) is 1. The van der Waals surface area contributed by atoms with Gasteiger partial charge in [-0.1, -0.05) is 47.5 Å². The van der Waals surface area contributed by atoms with E-state index in [2.05, 4.69) is 39.9 Å². The fourth-order valence-electron chi connectivity index (χ4n) is 1.74. The van der Waals surface area contributed by atoms with Gasteiger partial charge in [-0.05, 0) is 24.8 Å². The summed E-state index contributed by atoms with van der Waals surface area (Å²) in [6.45, 7) is 12.0. The van der Waals surface area contributed by atoms with Gasteiger partial charge in [-0.25, -0.2) is 0 Å².